The van der Waals surface area contributed by atoms with E-state index >= 15 is 0 Å². The summed E-state index contributed by atoms with van der Waals surface area (Å²) in [6.45, 7) is 0.409. The second kappa shape index (κ2) is 5.62. The van der Waals surface area contributed by atoms with Crippen LogP contribution < -0.4 is 4.74 Å². The number of alkyl halides is 1. The Bertz CT molecular complexity index is 735. The first-order chi connectivity index (χ1) is 10.2. The number of hydrogen-bond donors (Lipinski definition) is 1. The zero-order chi connectivity index (χ0) is 14.8. The number of carbonyl (C=O) groups is 1. The van der Waals surface area contributed by atoms with Crippen molar-refractivity contribution in [3.05, 3.63) is 70.8 Å². The molecule has 3 rings (SSSR count). The minimum atomic E-state index is -0.967. The van der Waals surface area contributed by atoms with Crippen molar-refractivity contribution in [3.8, 4) is 5.75 Å². The first kappa shape index (κ1) is 13.7. The van der Waals surface area contributed by atoms with E-state index in [1.54, 1.807) is 18.2 Å². The molecule has 1 N–H and O–H groups in total. The Hall–Kier alpha value is -2.26. The van der Waals surface area contributed by atoms with Crippen molar-refractivity contribution in [1.29, 1.82) is 0 Å². The Morgan fingerprint density at radius 2 is 2.05 bits per heavy atom. The van der Waals surface area contributed by atoms with Gasteiger partial charge >= 0.3 is 5.97 Å². The lowest BCUT2D eigenvalue weighted by atomic mass is 9.93. The van der Waals surface area contributed by atoms with E-state index in [4.69, 9.17) is 21.4 Å². The molecule has 2 aromatic rings. The second-order valence-corrected chi connectivity index (χ2v) is 5.04. The molecule has 4 heteroatoms. The number of aromatic carboxylic acids is 1. The van der Waals surface area contributed by atoms with Crippen LogP contribution in [-0.2, 0) is 6.61 Å². The van der Waals surface area contributed by atoms with Gasteiger partial charge in [0.2, 0.25) is 0 Å². The number of rotatable bonds is 2. The van der Waals surface area contributed by atoms with E-state index in [-0.39, 0.29) is 5.56 Å². The summed E-state index contributed by atoms with van der Waals surface area (Å²) in [5, 5.41) is 9.11. The molecule has 21 heavy (non-hydrogen) atoms. The molecule has 2 aromatic carbocycles. The molecule has 1 heterocycles. The lowest BCUT2D eigenvalue weighted by Gasteiger charge is -2.10. The Morgan fingerprint density at radius 3 is 2.81 bits per heavy atom. The van der Waals surface area contributed by atoms with Gasteiger partial charge < -0.3 is 9.84 Å². The smallest absolute Gasteiger partial charge is 0.335 e. The Balaban J connectivity index is 2.20. The maximum absolute atomic E-state index is 11.1. The number of ether oxygens (including phenoxy) is 1. The molecule has 0 saturated carbocycles. The van der Waals surface area contributed by atoms with Gasteiger partial charge in [0.05, 0.1) is 5.56 Å². The van der Waals surface area contributed by atoms with Gasteiger partial charge in [0.25, 0.3) is 0 Å². The molecule has 0 unspecified atom stereocenters. The van der Waals surface area contributed by atoms with Crippen LogP contribution in [0, 0.1) is 0 Å². The van der Waals surface area contributed by atoms with Crippen LogP contribution >= 0.6 is 11.6 Å². The summed E-state index contributed by atoms with van der Waals surface area (Å²) in [6.07, 6.45) is 1.92. The lowest BCUT2D eigenvalue weighted by molar-refractivity contribution is 0.0696. The Labute approximate surface area is 127 Å². The van der Waals surface area contributed by atoms with Crippen molar-refractivity contribution >= 4 is 23.1 Å². The number of hydrogen-bond acceptors (Lipinski definition) is 2. The van der Waals surface area contributed by atoms with E-state index in [2.05, 4.69) is 0 Å². The first-order valence-electron chi connectivity index (χ1n) is 6.55. The SMILES string of the molecule is O=C(O)c1ccc2c(c1)OCc1ccccc1/C2=C\CCl. The molecule has 1 aliphatic rings. The lowest BCUT2D eigenvalue weighted by Crippen LogP contribution is -1.99. The Kier molecular flexibility index (Phi) is 3.67. The van der Waals surface area contributed by atoms with Crippen molar-refractivity contribution < 1.29 is 14.6 Å². The number of carboxylic acid groups (broad SMARTS) is 1. The predicted molar refractivity (Wildman–Crippen MR) is 82.0 cm³/mol. The van der Waals surface area contributed by atoms with Gasteiger partial charge in [0, 0.05) is 11.4 Å². The molecular weight excluding hydrogens is 288 g/mol. The summed E-state index contributed by atoms with van der Waals surface area (Å²) in [5.74, 6) is -0.0161. The molecule has 0 radical (unpaired) electrons. The van der Waals surface area contributed by atoms with Gasteiger partial charge in [-0.3, -0.25) is 0 Å². The van der Waals surface area contributed by atoms with Gasteiger partial charge in [0.1, 0.15) is 12.4 Å². The maximum atomic E-state index is 11.1. The highest BCUT2D eigenvalue weighted by atomic mass is 35.5. The standard InChI is InChI=1S/C17H13ClO3/c18-8-7-14-13-4-2-1-3-12(13)10-21-16-9-11(17(19)20)5-6-15(14)16/h1-7,9H,8,10H2,(H,19,20)/b14-7+. The molecule has 1 aliphatic heterocycles. The highest BCUT2D eigenvalue weighted by Gasteiger charge is 2.20. The van der Waals surface area contributed by atoms with Gasteiger partial charge in [-0.25, -0.2) is 4.79 Å². The van der Waals surface area contributed by atoms with Crippen LogP contribution in [-0.4, -0.2) is 17.0 Å². The van der Waals surface area contributed by atoms with Crippen molar-refractivity contribution in [1.82, 2.24) is 0 Å². The average Bonchev–Trinajstić information content (AvgIpc) is 2.65. The molecule has 0 bridgehead atoms. The molecule has 106 valence electrons. The fourth-order valence-corrected chi connectivity index (χ4v) is 2.66. The number of halogens is 1. The number of carboxylic acids is 1. The van der Waals surface area contributed by atoms with E-state index < -0.39 is 5.97 Å². The van der Waals surface area contributed by atoms with E-state index in [0.29, 0.717) is 18.2 Å². The molecule has 0 saturated heterocycles. The van der Waals surface area contributed by atoms with Crippen molar-refractivity contribution in [2.24, 2.45) is 0 Å². The summed E-state index contributed by atoms with van der Waals surface area (Å²) in [7, 11) is 0. The summed E-state index contributed by atoms with van der Waals surface area (Å²) in [6, 6.07) is 12.9. The molecule has 0 fully saturated rings. The summed E-state index contributed by atoms with van der Waals surface area (Å²) < 4.78 is 5.80. The normalized spacial score (nSPS) is 14.8. The molecule has 0 amide bonds. The maximum Gasteiger partial charge on any atom is 0.335 e. The average molecular weight is 301 g/mol. The first-order valence-corrected chi connectivity index (χ1v) is 7.09. The van der Waals surface area contributed by atoms with E-state index in [1.165, 1.54) is 0 Å². The summed E-state index contributed by atoms with van der Waals surface area (Å²) >= 11 is 5.89. The number of fused-ring (bicyclic) bond motifs is 2. The third-order valence-electron chi connectivity index (χ3n) is 3.49. The molecule has 3 nitrogen and oxygen atoms in total. The zero-order valence-corrected chi connectivity index (χ0v) is 11.9. The number of allylic oxidation sites excluding steroid dienone is 1. The molecular formula is C17H13ClO3. The molecule has 0 spiro atoms. The highest BCUT2D eigenvalue weighted by molar-refractivity contribution is 6.19. The fourth-order valence-electron chi connectivity index (χ4n) is 2.50. The quantitative estimate of drug-likeness (QED) is 0.854. The van der Waals surface area contributed by atoms with Crippen LogP contribution in [0.25, 0.3) is 5.57 Å². The van der Waals surface area contributed by atoms with Gasteiger partial charge in [-0.05, 0) is 34.9 Å². The van der Waals surface area contributed by atoms with Gasteiger partial charge in [-0.1, -0.05) is 30.3 Å². The number of benzene rings is 2. The third kappa shape index (κ3) is 2.52. The van der Waals surface area contributed by atoms with Gasteiger partial charge in [0.15, 0.2) is 0 Å². The second-order valence-electron chi connectivity index (χ2n) is 4.73. The van der Waals surface area contributed by atoms with E-state index in [1.807, 2.05) is 30.3 Å². The van der Waals surface area contributed by atoms with E-state index in [9.17, 15) is 4.79 Å². The highest BCUT2D eigenvalue weighted by Crippen LogP contribution is 2.37. The summed E-state index contributed by atoms with van der Waals surface area (Å²) in [4.78, 5) is 11.1. The van der Waals surface area contributed by atoms with E-state index in [0.717, 1.165) is 22.3 Å². The zero-order valence-electron chi connectivity index (χ0n) is 11.2. The van der Waals surface area contributed by atoms with Crippen molar-refractivity contribution in [2.45, 2.75) is 6.61 Å². The van der Waals surface area contributed by atoms with Crippen LogP contribution in [0.1, 0.15) is 27.0 Å². The van der Waals surface area contributed by atoms with Gasteiger partial charge in [-0.15, -0.1) is 11.6 Å². The van der Waals surface area contributed by atoms with Crippen LogP contribution in [0.5, 0.6) is 5.75 Å². The predicted octanol–water partition coefficient (Wildman–Crippen LogP) is 3.95. The van der Waals surface area contributed by atoms with Gasteiger partial charge in [-0.2, -0.15) is 0 Å². The monoisotopic (exact) mass is 300 g/mol. The van der Waals surface area contributed by atoms with Crippen LogP contribution in [0.3, 0.4) is 0 Å². The topological polar surface area (TPSA) is 46.5 Å². The third-order valence-corrected chi connectivity index (χ3v) is 3.65. The largest absolute Gasteiger partial charge is 0.488 e. The minimum absolute atomic E-state index is 0.213. The fraction of sp³-hybridized carbons (Fsp3) is 0.118. The molecule has 0 aliphatic carbocycles. The van der Waals surface area contributed by atoms with Crippen LogP contribution in [0.2, 0.25) is 0 Å². The molecule has 0 atom stereocenters. The summed E-state index contributed by atoms with van der Waals surface area (Å²) in [5.41, 5.74) is 4.18. The van der Waals surface area contributed by atoms with Crippen LogP contribution in [0.4, 0.5) is 0 Å². The van der Waals surface area contributed by atoms with Crippen molar-refractivity contribution in [3.63, 3.8) is 0 Å². The van der Waals surface area contributed by atoms with Crippen LogP contribution in [0.15, 0.2) is 48.5 Å². The Morgan fingerprint density at radius 1 is 1.24 bits per heavy atom. The molecule has 0 aromatic heterocycles. The minimum Gasteiger partial charge on any atom is -0.488 e. The van der Waals surface area contributed by atoms with Crippen molar-refractivity contribution in [2.75, 3.05) is 5.88 Å².